The van der Waals surface area contributed by atoms with Crippen LogP contribution in [0.4, 0.5) is 4.79 Å². The lowest BCUT2D eigenvalue weighted by Gasteiger charge is -2.20. The fourth-order valence-electron chi connectivity index (χ4n) is 3.79. The number of nitrogens with one attached hydrogen (secondary N) is 1. The summed E-state index contributed by atoms with van der Waals surface area (Å²) in [4.78, 5) is 25.8. The summed E-state index contributed by atoms with van der Waals surface area (Å²) in [6.45, 7) is 2.71. The van der Waals surface area contributed by atoms with Gasteiger partial charge >= 0.3 is 6.03 Å². The van der Waals surface area contributed by atoms with Crippen LogP contribution >= 0.6 is 23.4 Å². The van der Waals surface area contributed by atoms with E-state index in [9.17, 15) is 9.59 Å². The van der Waals surface area contributed by atoms with Crippen molar-refractivity contribution in [2.75, 3.05) is 13.1 Å². The zero-order valence-electron chi connectivity index (χ0n) is 15.6. The molecule has 3 amide bonds. The first-order valence-corrected chi connectivity index (χ1v) is 10.8. The Balaban J connectivity index is 1.64. The van der Waals surface area contributed by atoms with Gasteiger partial charge in [0, 0.05) is 24.7 Å². The Morgan fingerprint density at radius 3 is 2.71 bits per heavy atom. The highest BCUT2D eigenvalue weighted by atomic mass is 35.5. The minimum atomic E-state index is -0.438. The van der Waals surface area contributed by atoms with Crippen molar-refractivity contribution >= 4 is 35.3 Å². The summed E-state index contributed by atoms with van der Waals surface area (Å²) in [7, 11) is 0. The van der Waals surface area contributed by atoms with E-state index in [4.69, 9.17) is 11.6 Å². The molecule has 148 valence electrons. The SMILES string of the molecule is C[C@H](Sc1nnc(-c2ccccc2Cl)n1C1CCCC1)C(=O)N1CCNC1=O. The van der Waals surface area contributed by atoms with Crippen LogP contribution in [0.15, 0.2) is 29.4 Å². The molecule has 0 unspecified atom stereocenters. The standard InChI is InChI=1S/C19H22ClN5O2S/c1-12(17(26)24-11-10-21-18(24)27)28-19-23-22-16(14-8-4-5-9-15(14)20)25(19)13-6-2-3-7-13/h4-5,8-9,12-13H,2-3,6-7,10-11H2,1H3,(H,21,27)/t12-/m0/s1. The predicted octanol–water partition coefficient (Wildman–Crippen LogP) is 3.75. The van der Waals surface area contributed by atoms with Crippen molar-refractivity contribution in [3.63, 3.8) is 0 Å². The molecular formula is C19H22ClN5O2S. The summed E-state index contributed by atoms with van der Waals surface area (Å²) in [5, 5.41) is 12.4. The molecule has 1 N–H and O–H groups in total. The number of hydrogen-bond acceptors (Lipinski definition) is 5. The molecule has 1 aliphatic heterocycles. The summed E-state index contributed by atoms with van der Waals surface area (Å²) < 4.78 is 2.13. The molecule has 1 aromatic heterocycles. The summed E-state index contributed by atoms with van der Waals surface area (Å²) in [5.41, 5.74) is 0.841. The van der Waals surface area contributed by atoms with Gasteiger partial charge in [0.2, 0.25) is 5.91 Å². The fourth-order valence-corrected chi connectivity index (χ4v) is 4.99. The van der Waals surface area contributed by atoms with Gasteiger partial charge in [-0.1, -0.05) is 48.3 Å². The number of carbonyl (C=O) groups excluding carboxylic acids is 2. The Labute approximate surface area is 172 Å². The normalized spacial score (nSPS) is 18.5. The Bertz CT molecular complexity index is 896. The average molecular weight is 420 g/mol. The van der Waals surface area contributed by atoms with E-state index >= 15 is 0 Å². The average Bonchev–Trinajstić information content (AvgIpc) is 3.42. The van der Waals surface area contributed by atoms with Gasteiger partial charge < -0.3 is 5.32 Å². The van der Waals surface area contributed by atoms with Crippen LogP contribution in [0.3, 0.4) is 0 Å². The number of aromatic nitrogens is 3. The van der Waals surface area contributed by atoms with E-state index in [0.29, 0.717) is 29.3 Å². The smallest absolute Gasteiger partial charge is 0.324 e. The predicted molar refractivity (Wildman–Crippen MR) is 108 cm³/mol. The van der Waals surface area contributed by atoms with Crippen LogP contribution in [-0.2, 0) is 4.79 Å². The van der Waals surface area contributed by atoms with Crippen molar-refractivity contribution in [2.24, 2.45) is 0 Å². The van der Waals surface area contributed by atoms with E-state index in [0.717, 1.165) is 37.1 Å². The van der Waals surface area contributed by atoms with Crippen LogP contribution in [0.5, 0.6) is 0 Å². The van der Waals surface area contributed by atoms with Crippen molar-refractivity contribution in [1.29, 1.82) is 0 Å². The number of carbonyl (C=O) groups is 2. The number of urea groups is 1. The maximum atomic E-state index is 12.7. The fraction of sp³-hybridized carbons (Fsp3) is 0.474. The minimum Gasteiger partial charge on any atom is -0.336 e. The van der Waals surface area contributed by atoms with Gasteiger partial charge in [0.15, 0.2) is 11.0 Å². The lowest BCUT2D eigenvalue weighted by molar-refractivity contribution is -0.126. The molecule has 0 spiro atoms. The zero-order valence-corrected chi connectivity index (χ0v) is 17.2. The Hall–Kier alpha value is -2.06. The van der Waals surface area contributed by atoms with E-state index in [2.05, 4.69) is 20.1 Å². The summed E-state index contributed by atoms with van der Waals surface area (Å²) in [5.74, 6) is 0.527. The van der Waals surface area contributed by atoms with Crippen molar-refractivity contribution in [2.45, 2.75) is 49.1 Å². The number of imide groups is 1. The van der Waals surface area contributed by atoms with Crippen LogP contribution < -0.4 is 5.32 Å². The van der Waals surface area contributed by atoms with Crippen LogP contribution in [0.1, 0.15) is 38.6 Å². The molecule has 28 heavy (non-hydrogen) atoms. The monoisotopic (exact) mass is 419 g/mol. The van der Waals surface area contributed by atoms with Gasteiger partial charge in [0.25, 0.3) is 0 Å². The molecule has 2 heterocycles. The number of amides is 3. The van der Waals surface area contributed by atoms with E-state index in [-0.39, 0.29) is 11.9 Å². The van der Waals surface area contributed by atoms with Crippen LogP contribution in [0.25, 0.3) is 11.4 Å². The molecule has 4 rings (SSSR count). The molecule has 0 radical (unpaired) electrons. The van der Waals surface area contributed by atoms with E-state index in [1.165, 1.54) is 16.7 Å². The molecule has 2 aliphatic rings. The number of halogens is 1. The Kier molecular flexibility index (Phi) is 5.59. The third-order valence-corrected chi connectivity index (χ3v) is 6.60. The van der Waals surface area contributed by atoms with Gasteiger partial charge in [-0.05, 0) is 31.9 Å². The van der Waals surface area contributed by atoms with Crippen molar-refractivity contribution in [3.05, 3.63) is 29.3 Å². The lowest BCUT2D eigenvalue weighted by Crippen LogP contribution is -2.39. The van der Waals surface area contributed by atoms with Gasteiger partial charge in [-0.15, -0.1) is 10.2 Å². The van der Waals surface area contributed by atoms with Crippen LogP contribution in [-0.4, -0.2) is 49.9 Å². The first kappa shape index (κ1) is 19.3. The Morgan fingerprint density at radius 1 is 1.29 bits per heavy atom. The summed E-state index contributed by atoms with van der Waals surface area (Å²) in [6, 6.07) is 7.57. The van der Waals surface area contributed by atoms with Gasteiger partial charge in [-0.25, -0.2) is 4.79 Å². The van der Waals surface area contributed by atoms with Gasteiger partial charge in [-0.3, -0.25) is 14.3 Å². The molecule has 1 aliphatic carbocycles. The zero-order chi connectivity index (χ0) is 19.7. The van der Waals surface area contributed by atoms with E-state index in [1.54, 1.807) is 6.92 Å². The molecule has 2 aromatic rings. The molecule has 1 saturated carbocycles. The van der Waals surface area contributed by atoms with E-state index < -0.39 is 5.25 Å². The number of hydrogen-bond donors (Lipinski definition) is 1. The van der Waals surface area contributed by atoms with Crippen LogP contribution in [0.2, 0.25) is 5.02 Å². The second kappa shape index (κ2) is 8.13. The molecule has 1 aromatic carbocycles. The maximum absolute atomic E-state index is 12.7. The second-order valence-electron chi connectivity index (χ2n) is 7.08. The molecular weight excluding hydrogens is 398 g/mol. The highest BCUT2D eigenvalue weighted by molar-refractivity contribution is 8.00. The van der Waals surface area contributed by atoms with Gasteiger partial charge in [-0.2, -0.15) is 0 Å². The summed E-state index contributed by atoms with van der Waals surface area (Å²) in [6.07, 6.45) is 4.44. The lowest BCUT2D eigenvalue weighted by atomic mass is 10.2. The molecule has 0 bridgehead atoms. The molecule has 2 fully saturated rings. The third-order valence-electron chi connectivity index (χ3n) is 5.22. The van der Waals surface area contributed by atoms with Crippen molar-refractivity contribution < 1.29 is 9.59 Å². The quantitative estimate of drug-likeness (QED) is 0.746. The van der Waals surface area contributed by atoms with Gasteiger partial charge in [0.05, 0.1) is 10.3 Å². The minimum absolute atomic E-state index is 0.208. The number of thioether (sulfide) groups is 1. The van der Waals surface area contributed by atoms with Gasteiger partial charge in [0.1, 0.15) is 0 Å². The number of benzene rings is 1. The molecule has 7 nitrogen and oxygen atoms in total. The first-order valence-electron chi connectivity index (χ1n) is 9.52. The summed E-state index contributed by atoms with van der Waals surface area (Å²) >= 11 is 7.76. The maximum Gasteiger partial charge on any atom is 0.324 e. The number of nitrogens with zero attached hydrogens (tertiary/aromatic N) is 4. The molecule has 9 heteroatoms. The largest absolute Gasteiger partial charge is 0.336 e. The van der Waals surface area contributed by atoms with E-state index in [1.807, 2.05) is 24.3 Å². The second-order valence-corrected chi connectivity index (χ2v) is 8.79. The Morgan fingerprint density at radius 2 is 2.04 bits per heavy atom. The third kappa shape index (κ3) is 3.63. The highest BCUT2D eigenvalue weighted by Crippen LogP contribution is 2.39. The highest BCUT2D eigenvalue weighted by Gasteiger charge is 2.32. The topological polar surface area (TPSA) is 80.1 Å². The molecule has 1 saturated heterocycles. The molecule has 1 atom stereocenters. The van der Waals surface area contributed by atoms with Crippen LogP contribution in [0, 0.1) is 0 Å². The van der Waals surface area contributed by atoms with Crippen molar-refractivity contribution in [1.82, 2.24) is 25.0 Å². The van der Waals surface area contributed by atoms with Crippen molar-refractivity contribution in [3.8, 4) is 11.4 Å². The number of rotatable bonds is 5. The first-order chi connectivity index (χ1) is 13.6.